The molecule has 2 aromatic carbocycles. The summed E-state index contributed by atoms with van der Waals surface area (Å²) in [6, 6.07) is 12.3. The van der Waals surface area contributed by atoms with Crippen LogP contribution in [0, 0.1) is 0 Å². The fourth-order valence-corrected chi connectivity index (χ4v) is 4.79. The van der Waals surface area contributed by atoms with E-state index < -0.39 is 11.9 Å². The van der Waals surface area contributed by atoms with E-state index in [9.17, 15) is 9.59 Å². The third-order valence-corrected chi connectivity index (χ3v) is 6.59. The van der Waals surface area contributed by atoms with Gasteiger partial charge in [0.15, 0.2) is 17.3 Å². The van der Waals surface area contributed by atoms with Crippen molar-refractivity contribution in [3.05, 3.63) is 71.1 Å². The van der Waals surface area contributed by atoms with E-state index in [-0.39, 0.29) is 17.7 Å². The van der Waals surface area contributed by atoms with Gasteiger partial charge in [0.2, 0.25) is 11.7 Å². The molecule has 0 aliphatic heterocycles. The molecule has 3 aromatic rings. The minimum Gasteiger partial charge on any atom is -0.493 e. The summed E-state index contributed by atoms with van der Waals surface area (Å²) >= 11 is 6.57. The van der Waals surface area contributed by atoms with Gasteiger partial charge in [-0.25, -0.2) is 0 Å². The van der Waals surface area contributed by atoms with Crippen LogP contribution in [0.1, 0.15) is 47.8 Å². The summed E-state index contributed by atoms with van der Waals surface area (Å²) in [5.74, 6) is 0.288. The number of rotatable bonds is 9. The SMILES string of the molecule is COc1cc([C@@H](C(=O)NC2CCCC2)N(C(=O)c2ccco2)c2ccccc2Cl)cc(OC)c1OC. The van der Waals surface area contributed by atoms with E-state index >= 15 is 0 Å². The fourth-order valence-electron chi connectivity index (χ4n) is 4.56. The van der Waals surface area contributed by atoms with Crippen molar-refractivity contribution in [2.24, 2.45) is 0 Å². The molecule has 2 amide bonds. The van der Waals surface area contributed by atoms with Crippen LogP contribution in [0.5, 0.6) is 17.2 Å². The molecule has 0 spiro atoms. The maximum Gasteiger partial charge on any atom is 0.295 e. The van der Waals surface area contributed by atoms with E-state index in [1.165, 1.54) is 32.5 Å². The number of nitrogens with zero attached hydrogens (tertiary/aromatic N) is 1. The Balaban J connectivity index is 1.92. The second kappa shape index (κ2) is 11.4. The van der Waals surface area contributed by atoms with Crippen LogP contribution in [0.3, 0.4) is 0 Å². The summed E-state index contributed by atoms with van der Waals surface area (Å²) in [5.41, 5.74) is 0.820. The third-order valence-electron chi connectivity index (χ3n) is 6.27. The highest BCUT2D eigenvalue weighted by molar-refractivity contribution is 6.34. The van der Waals surface area contributed by atoms with Gasteiger partial charge in [0.1, 0.15) is 6.04 Å². The van der Waals surface area contributed by atoms with Crippen molar-refractivity contribution in [2.45, 2.75) is 37.8 Å². The van der Waals surface area contributed by atoms with Crippen LogP contribution in [0.4, 0.5) is 5.69 Å². The number of hydrogen-bond donors (Lipinski definition) is 1. The molecule has 1 aliphatic carbocycles. The van der Waals surface area contributed by atoms with Crippen molar-refractivity contribution in [1.29, 1.82) is 0 Å². The van der Waals surface area contributed by atoms with Gasteiger partial charge >= 0.3 is 0 Å². The number of methoxy groups -OCH3 is 3. The maximum atomic E-state index is 14.0. The summed E-state index contributed by atoms with van der Waals surface area (Å²) in [6.07, 6.45) is 5.25. The number of halogens is 1. The molecular formula is C27H29ClN2O6. The van der Waals surface area contributed by atoms with E-state index in [1.807, 2.05) is 0 Å². The number of anilines is 1. The van der Waals surface area contributed by atoms with E-state index in [0.717, 1.165) is 25.7 Å². The average molecular weight is 513 g/mol. The number of para-hydroxylation sites is 1. The first-order valence-electron chi connectivity index (χ1n) is 11.7. The lowest BCUT2D eigenvalue weighted by Crippen LogP contribution is -2.46. The minimum atomic E-state index is -1.11. The second-order valence-electron chi connectivity index (χ2n) is 8.46. The van der Waals surface area contributed by atoms with Gasteiger partial charge in [0.25, 0.3) is 5.91 Å². The quantitative estimate of drug-likeness (QED) is 0.412. The highest BCUT2D eigenvalue weighted by atomic mass is 35.5. The summed E-state index contributed by atoms with van der Waals surface area (Å²) < 4.78 is 22.0. The van der Waals surface area contributed by atoms with Gasteiger partial charge in [-0.1, -0.05) is 36.6 Å². The third kappa shape index (κ3) is 5.14. The van der Waals surface area contributed by atoms with Crippen molar-refractivity contribution in [3.8, 4) is 17.2 Å². The molecular weight excluding hydrogens is 484 g/mol. The lowest BCUT2D eigenvalue weighted by molar-refractivity contribution is -0.123. The van der Waals surface area contributed by atoms with Crippen LogP contribution in [0.25, 0.3) is 0 Å². The summed E-state index contributed by atoms with van der Waals surface area (Å²) in [4.78, 5) is 29.2. The van der Waals surface area contributed by atoms with Crippen LogP contribution < -0.4 is 24.4 Å². The molecule has 9 heteroatoms. The average Bonchev–Trinajstić information content (AvgIpc) is 3.61. The van der Waals surface area contributed by atoms with Gasteiger partial charge in [-0.05, 0) is 54.8 Å². The number of hydrogen-bond acceptors (Lipinski definition) is 6. The van der Waals surface area contributed by atoms with Crippen LogP contribution in [0.2, 0.25) is 5.02 Å². The van der Waals surface area contributed by atoms with Gasteiger partial charge in [-0.15, -0.1) is 0 Å². The lowest BCUT2D eigenvalue weighted by Gasteiger charge is -2.32. The Labute approximate surface area is 215 Å². The monoisotopic (exact) mass is 512 g/mol. The molecule has 0 saturated heterocycles. The van der Waals surface area contributed by atoms with Gasteiger partial charge in [-0.3, -0.25) is 14.5 Å². The predicted molar refractivity (Wildman–Crippen MR) is 136 cm³/mol. The molecule has 1 aromatic heterocycles. The topological polar surface area (TPSA) is 90.2 Å². The molecule has 36 heavy (non-hydrogen) atoms. The molecule has 1 atom stereocenters. The number of nitrogens with one attached hydrogen (secondary N) is 1. The van der Waals surface area contributed by atoms with Crippen LogP contribution in [-0.2, 0) is 4.79 Å². The van der Waals surface area contributed by atoms with Gasteiger partial charge < -0.3 is 23.9 Å². The smallest absolute Gasteiger partial charge is 0.295 e. The molecule has 0 bridgehead atoms. The Kier molecular flexibility index (Phi) is 8.05. The summed E-state index contributed by atoms with van der Waals surface area (Å²) in [5, 5.41) is 3.44. The highest BCUT2D eigenvalue weighted by Gasteiger charge is 2.37. The van der Waals surface area contributed by atoms with Crippen LogP contribution in [0.15, 0.2) is 59.2 Å². The molecule has 190 valence electrons. The second-order valence-corrected chi connectivity index (χ2v) is 8.86. The zero-order valence-corrected chi connectivity index (χ0v) is 21.2. The number of ether oxygens (including phenoxy) is 3. The standard InChI is InChI=1S/C27H29ClN2O6/c1-33-22-15-17(16-23(34-2)25(22)35-3)24(26(31)29-18-9-4-5-10-18)30(20-12-7-6-11-19(20)28)27(32)21-13-8-14-36-21/h6-8,11-16,18,24H,4-5,9-10H2,1-3H3,(H,29,31)/t24-/m0/s1. The van der Waals surface area contributed by atoms with Crippen LogP contribution >= 0.6 is 11.6 Å². The zero-order chi connectivity index (χ0) is 25.7. The Bertz CT molecular complexity index is 1180. The van der Waals surface area contributed by atoms with Crippen molar-refractivity contribution >= 4 is 29.1 Å². The summed E-state index contributed by atoms with van der Waals surface area (Å²) in [6.45, 7) is 0. The number of benzene rings is 2. The van der Waals surface area contributed by atoms with Gasteiger partial charge in [0, 0.05) is 6.04 Å². The first-order valence-corrected chi connectivity index (χ1v) is 12.1. The van der Waals surface area contributed by atoms with E-state index in [0.29, 0.717) is 33.5 Å². The molecule has 1 N–H and O–H groups in total. The molecule has 0 radical (unpaired) electrons. The molecule has 1 fully saturated rings. The first-order chi connectivity index (χ1) is 17.5. The van der Waals surface area contributed by atoms with Crippen molar-refractivity contribution < 1.29 is 28.2 Å². The molecule has 1 aliphatic rings. The summed E-state index contributed by atoms with van der Waals surface area (Å²) in [7, 11) is 4.49. The molecule has 8 nitrogen and oxygen atoms in total. The molecule has 1 saturated carbocycles. The van der Waals surface area contributed by atoms with E-state index in [4.69, 9.17) is 30.2 Å². The van der Waals surface area contributed by atoms with Crippen molar-refractivity contribution in [2.75, 3.05) is 26.2 Å². The first kappa shape index (κ1) is 25.4. The number of amides is 2. The molecule has 4 rings (SSSR count). The molecule has 0 unspecified atom stereocenters. The predicted octanol–water partition coefficient (Wildman–Crippen LogP) is 5.41. The van der Waals surface area contributed by atoms with Gasteiger partial charge in [0.05, 0.1) is 38.3 Å². The largest absolute Gasteiger partial charge is 0.493 e. The fraction of sp³-hybridized carbons (Fsp3) is 0.333. The lowest BCUT2D eigenvalue weighted by atomic mass is 10.0. The van der Waals surface area contributed by atoms with E-state index in [1.54, 1.807) is 48.5 Å². The Morgan fingerprint density at radius 3 is 2.22 bits per heavy atom. The van der Waals surface area contributed by atoms with Crippen molar-refractivity contribution in [1.82, 2.24) is 5.32 Å². The zero-order valence-electron chi connectivity index (χ0n) is 20.5. The highest BCUT2D eigenvalue weighted by Crippen LogP contribution is 2.43. The van der Waals surface area contributed by atoms with Crippen LogP contribution in [-0.4, -0.2) is 39.2 Å². The van der Waals surface area contributed by atoms with Crippen molar-refractivity contribution in [3.63, 3.8) is 0 Å². The van der Waals surface area contributed by atoms with E-state index in [2.05, 4.69) is 5.32 Å². The van der Waals surface area contributed by atoms with Gasteiger partial charge in [-0.2, -0.15) is 0 Å². The number of furan rings is 1. The normalized spacial score (nSPS) is 14.2. The Morgan fingerprint density at radius 1 is 1.00 bits per heavy atom. The maximum absolute atomic E-state index is 14.0. The Hall–Kier alpha value is -3.65. The number of carbonyl (C=O) groups excluding carboxylic acids is 2. The molecule has 1 heterocycles. The minimum absolute atomic E-state index is 0.0221. The number of carbonyl (C=O) groups is 2. The Morgan fingerprint density at radius 2 is 1.67 bits per heavy atom.